The molecule has 1 aromatic carbocycles. The molecule has 1 aromatic heterocycles. The normalized spacial score (nSPS) is 18.3. The minimum absolute atomic E-state index is 0.0116. The maximum atomic E-state index is 10.7. The van der Waals surface area contributed by atoms with Crippen LogP contribution in [0.15, 0.2) is 24.4 Å². The molecule has 1 atom stereocenters. The summed E-state index contributed by atoms with van der Waals surface area (Å²) in [5.41, 5.74) is 1.10. The number of non-ortho nitro benzene ring substituents is 1. The second-order valence-corrected chi connectivity index (χ2v) is 4.81. The van der Waals surface area contributed by atoms with Crippen molar-refractivity contribution in [3.05, 3.63) is 34.5 Å². The molecule has 0 aliphatic carbocycles. The van der Waals surface area contributed by atoms with E-state index in [4.69, 9.17) is 4.74 Å². The number of nitrogens with zero attached hydrogens (tertiary/aromatic N) is 3. The summed E-state index contributed by atoms with van der Waals surface area (Å²) in [6, 6.07) is 4.42. The number of fused-ring (bicyclic) bond motifs is 1. The summed E-state index contributed by atoms with van der Waals surface area (Å²) in [7, 11) is 0. The monoisotopic (exact) mass is 274 g/mol. The van der Waals surface area contributed by atoms with Gasteiger partial charge in [-0.25, -0.2) is 9.97 Å². The number of hydrogen-bond donors (Lipinski definition) is 1. The lowest BCUT2D eigenvalue weighted by atomic mass is 10.1. The van der Waals surface area contributed by atoms with Gasteiger partial charge in [0.25, 0.3) is 5.69 Å². The highest BCUT2D eigenvalue weighted by Gasteiger charge is 2.15. The molecule has 3 rings (SSSR count). The van der Waals surface area contributed by atoms with Crippen molar-refractivity contribution in [3.8, 4) is 5.88 Å². The Morgan fingerprint density at radius 1 is 1.45 bits per heavy atom. The van der Waals surface area contributed by atoms with E-state index >= 15 is 0 Å². The van der Waals surface area contributed by atoms with Crippen molar-refractivity contribution in [1.29, 1.82) is 0 Å². The quantitative estimate of drug-likeness (QED) is 0.671. The number of aromatic nitrogens is 2. The van der Waals surface area contributed by atoms with E-state index < -0.39 is 4.92 Å². The molecule has 0 amide bonds. The number of rotatable bonds is 4. The van der Waals surface area contributed by atoms with Crippen LogP contribution in [-0.2, 0) is 0 Å². The smallest absolute Gasteiger partial charge is 0.271 e. The lowest BCUT2D eigenvalue weighted by molar-refractivity contribution is -0.384. The Morgan fingerprint density at radius 2 is 2.35 bits per heavy atom. The fraction of sp³-hybridized carbons (Fsp3) is 0.385. The molecule has 104 valence electrons. The van der Waals surface area contributed by atoms with Gasteiger partial charge in [-0.3, -0.25) is 10.1 Å². The molecular weight excluding hydrogens is 260 g/mol. The van der Waals surface area contributed by atoms with Gasteiger partial charge >= 0.3 is 0 Å². The first-order valence-corrected chi connectivity index (χ1v) is 6.47. The Balaban J connectivity index is 1.76. The van der Waals surface area contributed by atoms with Gasteiger partial charge in [-0.05, 0) is 19.0 Å². The van der Waals surface area contributed by atoms with E-state index in [0.29, 0.717) is 29.4 Å². The van der Waals surface area contributed by atoms with Gasteiger partial charge in [0, 0.05) is 24.6 Å². The molecular formula is C13H14N4O3. The molecule has 0 radical (unpaired) electrons. The lowest BCUT2D eigenvalue weighted by Crippen LogP contribution is -2.15. The Kier molecular flexibility index (Phi) is 3.42. The van der Waals surface area contributed by atoms with Gasteiger partial charge in [0.05, 0.1) is 28.8 Å². The van der Waals surface area contributed by atoms with Crippen molar-refractivity contribution in [2.45, 2.75) is 6.42 Å². The lowest BCUT2D eigenvalue weighted by Gasteiger charge is -2.09. The molecule has 1 N–H and O–H groups in total. The van der Waals surface area contributed by atoms with Crippen LogP contribution in [0.25, 0.3) is 11.0 Å². The van der Waals surface area contributed by atoms with Gasteiger partial charge in [0.15, 0.2) is 0 Å². The molecule has 2 aromatic rings. The number of nitro benzene ring substituents is 1. The highest BCUT2D eigenvalue weighted by molar-refractivity contribution is 5.77. The number of nitro groups is 1. The van der Waals surface area contributed by atoms with E-state index in [9.17, 15) is 10.1 Å². The van der Waals surface area contributed by atoms with Gasteiger partial charge in [0.2, 0.25) is 5.88 Å². The molecule has 0 saturated carbocycles. The fourth-order valence-corrected chi connectivity index (χ4v) is 2.23. The molecule has 7 nitrogen and oxygen atoms in total. The molecule has 1 aliphatic heterocycles. The number of ether oxygens (including phenoxy) is 1. The van der Waals surface area contributed by atoms with Crippen molar-refractivity contribution in [1.82, 2.24) is 15.3 Å². The van der Waals surface area contributed by atoms with E-state index in [0.717, 1.165) is 19.5 Å². The summed E-state index contributed by atoms with van der Waals surface area (Å²) in [5.74, 6) is 0.961. The SMILES string of the molecule is O=[N+]([O-])c1ccc2nc(OC[C@@H]3CCNC3)cnc2c1. The molecule has 1 saturated heterocycles. The van der Waals surface area contributed by atoms with E-state index in [1.807, 2.05) is 0 Å². The molecule has 7 heteroatoms. The first kappa shape index (κ1) is 12.7. The number of benzene rings is 1. The summed E-state index contributed by atoms with van der Waals surface area (Å²) in [4.78, 5) is 18.7. The van der Waals surface area contributed by atoms with Crippen molar-refractivity contribution >= 4 is 16.7 Å². The second-order valence-electron chi connectivity index (χ2n) is 4.81. The van der Waals surface area contributed by atoms with Crippen LogP contribution in [0.4, 0.5) is 5.69 Å². The average molecular weight is 274 g/mol. The van der Waals surface area contributed by atoms with Gasteiger partial charge < -0.3 is 10.1 Å². The molecule has 20 heavy (non-hydrogen) atoms. The molecule has 0 bridgehead atoms. The highest BCUT2D eigenvalue weighted by atomic mass is 16.6. The van der Waals surface area contributed by atoms with Crippen LogP contribution < -0.4 is 10.1 Å². The van der Waals surface area contributed by atoms with Crippen molar-refractivity contribution < 1.29 is 9.66 Å². The predicted octanol–water partition coefficient (Wildman–Crippen LogP) is 1.53. The maximum Gasteiger partial charge on any atom is 0.271 e. The predicted molar refractivity (Wildman–Crippen MR) is 72.7 cm³/mol. The number of nitrogens with one attached hydrogen (secondary N) is 1. The third-order valence-corrected chi connectivity index (χ3v) is 3.34. The minimum atomic E-state index is -0.446. The fourth-order valence-electron chi connectivity index (χ4n) is 2.23. The maximum absolute atomic E-state index is 10.7. The van der Waals surface area contributed by atoms with Crippen molar-refractivity contribution in [3.63, 3.8) is 0 Å². The van der Waals surface area contributed by atoms with Crippen LogP contribution >= 0.6 is 0 Å². The first-order chi connectivity index (χ1) is 9.72. The Morgan fingerprint density at radius 3 is 3.10 bits per heavy atom. The van der Waals surface area contributed by atoms with Crippen LogP contribution in [0.2, 0.25) is 0 Å². The molecule has 1 fully saturated rings. The van der Waals surface area contributed by atoms with Gasteiger partial charge in [-0.15, -0.1) is 0 Å². The largest absolute Gasteiger partial charge is 0.476 e. The molecule has 0 spiro atoms. The zero-order valence-corrected chi connectivity index (χ0v) is 10.8. The Labute approximate surface area is 115 Å². The van der Waals surface area contributed by atoms with Crippen LogP contribution in [0.1, 0.15) is 6.42 Å². The third-order valence-electron chi connectivity index (χ3n) is 3.34. The zero-order valence-electron chi connectivity index (χ0n) is 10.8. The van der Waals surface area contributed by atoms with Crippen LogP contribution in [-0.4, -0.2) is 34.6 Å². The summed E-state index contributed by atoms with van der Waals surface area (Å²) >= 11 is 0. The van der Waals surface area contributed by atoms with Crippen LogP contribution in [0, 0.1) is 16.0 Å². The van der Waals surface area contributed by atoms with Crippen molar-refractivity contribution in [2.24, 2.45) is 5.92 Å². The van der Waals surface area contributed by atoms with E-state index in [2.05, 4.69) is 15.3 Å². The van der Waals surface area contributed by atoms with Gasteiger partial charge in [-0.1, -0.05) is 0 Å². The number of hydrogen-bond acceptors (Lipinski definition) is 6. The summed E-state index contributed by atoms with van der Waals surface area (Å²) in [5, 5.41) is 14.0. The molecule has 1 aliphatic rings. The first-order valence-electron chi connectivity index (χ1n) is 6.47. The Bertz CT molecular complexity index is 641. The second kappa shape index (κ2) is 5.38. The van der Waals surface area contributed by atoms with Gasteiger partial charge in [0.1, 0.15) is 0 Å². The van der Waals surface area contributed by atoms with Crippen LogP contribution in [0.3, 0.4) is 0 Å². The van der Waals surface area contributed by atoms with E-state index in [1.54, 1.807) is 6.07 Å². The standard InChI is InChI=1S/C13H14N4O3/c18-17(19)10-1-2-11-12(5-10)15-7-13(16-11)20-8-9-3-4-14-6-9/h1-2,5,7,9,14H,3-4,6,8H2/t9-/m1/s1. The van der Waals surface area contributed by atoms with Gasteiger partial charge in [-0.2, -0.15) is 0 Å². The summed E-state index contributed by atoms with van der Waals surface area (Å²) in [6.07, 6.45) is 2.61. The van der Waals surface area contributed by atoms with E-state index in [-0.39, 0.29) is 5.69 Å². The van der Waals surface area contributed by atoms with E-state index in [1.165, 1.54) is 18.3 Å². The molecule has 2 heterocycles. The Hall–Kier alpha value is -2.28. The third kappa shape index (κ3) is 2.67. The average Bonchev–Trinajstić information content (AvgIpc) is 2.97. The summed E-state index contributed by atoms with van der Waals surface area (Å²) in [6.45, 7) is 2.61. The molecule has 0 unspecified atom stereocenters. The highest BCUT2D eigenvalue weighted by Crippen LogP contribution is 2.20. The topological polar surface area (TPSA) is 90.2 Å². The van der Waals surface area contributed by atoms with Crippen molar-refractivity contribution in [2.75, 3.05) is 19.7 Å². The zero-order chi connectivity index (χ0) is 13.9. The van der Waals surface area contributed by atoms with Crippen LogP contribution in [0.5, 0.6) is 5.88 Å². The minimum Gasteiger partial charge on any atom is -0.476 e. The summed E-state index contributed by atoms with van der Waals surface area (Å²) < 4.78 is 5.63.